The summed E-state index contributed by atoms with van der Waals surface area (Å²) in [7, 11) is 0. The van der Waals surface area contributed by atoms with E-state index in [2.05, 4.69) is 20.5 Å². The highest BCUT2D eigenvalue weighted by Gasteiger charge is 2.14. The van der Waals surface area contributed by atoms with Crippen LogP contribution in [0, 0.1) is 0 Å². The molecule has 0 atom stereocenters. The highest BCUT2D eigenvalue weighted by atomic mass is 35.5. The zero-order valence-electron chi connectivity index (χ0n) is 11.0. The number of rotatable bonds is 3. The van der Waals surface area contributed by atoms with E-state index in [0.29, 0.717) is 22.4 Å². The molecule has 0 N–H and O–H groups in total. The van der Waals surface area contributed by atoms with Gasteiger partial charge < -0.3 is 4.52 Å². The summed E-state index contributed by atoms with van der Waals surface area (Å²) in [5.74, 6) is 0.874. The maximum atomic E-state index is 5.98. The largest absolute Gasteiger partial charge is 0.333 e. The fourth-order valence-corrected chi connectivity index (χ4v) is 2.77. The fourth-order valence-electron chi connectivity index (χ4n) is 1.94. The Balaban J connectivity index is 1.67. The van der Waals surface area contributed by atoms with E-state index >= 15 is 0 Å². The van der Waals surface area contributed by atoms with Gasteiger partial charge in [0.05, 0.1) is 16.8 Å². The van der Waals surface area contributed by atoms with Crippen LogP contribution in [0.5, 0.6) is 0 Å². The summed E-state index contributed by atoms with van der Waals surface area (Å²) >= 11 is 7.51. The van der Waals surface area contributed by atoms with Gasteiger partial charge in [0.1, 0.15) is 0 Å². The molecule has 4 aromatic rings. The average Bonchev–Trinajstić information content (AvgIpc) is 3.27. The molecule has 0 amide bonds. The standard InChI is InChI=1S/C14H8ClN5OS/c15-9-3-1-4-10(7-9)20-8-11(17-19-20)13-16-14(21-18-13)12-5-2-6-22-12/h1-8H. The molecule has 3 aromatic heterocycles. The van der Waals surface area contributed by atoms with Crippen molar-refractivity contribution in [3.8, 4) is 28.0 Å². The van der Waals surface area contributed by atoms with Crippen LogP contribution in [0.2, 0.25) is 5.02 Å². The smallest absolute Gasteiger partial charge is 0.268 e. The molecule has 8 heteroatoms. The molecule has 0 fully saturated rings. The number of halogens is 1. The predicted octanol–water partition coefficient (Wildman–Crippen LogP) is 3.70. The van der Waals surface area contributed by atoms with Crippen molar-refractivity contribution in [2.24, 2.45) is 0 Å². The lowest BCUT2D eigenvalue weighted by atomic mass is 10.3. The minimum Gasteiger partial charge on any atom is -0.333 e. The van der Waals surface area contributed by atoms with Crippen molar-refractivity contribution < 1.29 is 4.52 Å². The second-order valence-corrected chi connectivity index (χ2v) is 5.81. The zero-order chi connectivity index (χ0) is 14.9. The first kappa shape index (κ1) is 13.2. The summed E-state index contributed by atoms with van der Waals surface area (Å²) in [5.41, 5.74) is 1.35. The number of hydrogen-bond donors (Lipinski definition) is 0. The predicted molar refractivity (Wildman–Crippen MR) is 83.0 cm³/mol. The van der Waals surface area contributed by atoms with Crippen LogP contribution in [0.25, 0.3) is 28.0 Å². The molecule has 108 valence electrons. The van der Waals surface area contributed by atoms with Crippen molar-refractivity contribution in [2.45, 2.75) is 0 Å². The first-order valence-corrected chi connectivity index (χ1v) is 7.61. The van der Waals surface area contributed by atoms with Gasteiger partial charge in [0, 0.05) is 5.02 Å². The van der Waals surface area contributed by atoms with E-state index in [-0.39, 0.29) is 0 Å². The summed E-state index contributed by atoms with van der Waals surface area (Å²) in [6, 6.07) is 11.2. The molecule has 0 radical (unpaired) electrons. The Morgan fingerprint density at radius 3 is 2.95 bits per heavy atom. The van der Waals surface area contributed by atoms with E-state index in [1.807, 2.05) is 29.6 Å². The van der Waals surface area contributed by atoms with Crippen molar-refractivity contribution in [3.05, 3.63) is 53.0 Å². The quantitative estimate of drug-likeness (QED) is 0.573. The van der Waals surface area contributed by atoms with E-state index in [1.54, 1.807) is 23.0 Å². The third kappa shape index (κ3) is 2.40. The molecular formula is C14H8ClN5OS. The van der Waals surface area contributed by atoms with Crippen LogP contribution in [0.15, 0.2) is 52.5 Å². The normalized spacial score (nSPS) is 11.0. The monoisotopic (exact) mass is 329 g/mol. The average molecular weight is 330 g/mol. The minimum absolute atomic E-state index is 0.400. The van der Waals surface area contributed by atoms with Gasteiger partial charge in [-0.1, -0.05) is 34.1 Å². The van der Waals surface area contributed by atoms with Crippen LogP contribution in [0.4, 0.5) is 0 Å². The molecule has 22 heavy (non-hydrogen) atoms. The maximum Gasteiger partial charge on any atom is 0.268 e. The summed E-state index contributed by atoms with van der Waals surface area (Å²) < 4.78 is 6.86. The van der Waals surface area contributed by atoms with Crippen LogP contribution < -0.4 is 0 Å². The van der Waals surface area contributed by atoms with Gasteiger partial charge in [-0.3, -0.25) is 0 Å². The van der Waals surface area contributed by atoms with Crippen molar-refractivity contribution in [2.75, 3.05) is 0 Å². The second kappa shape index (κ2) is 5.36. The van der Waals surface area contributed by atoms with Gasteiger partial charge in [-0.15, -0.1) is 16.4 Å². The molecule has 6 nitrogen and oxygen atoms in total. The highest BCUT2D eigenvalue weighted by Crippen LogP contribution is 2.25. The lowest BCUT2D eigenvalue weighted by molar-refractivity contribution is 0.433. The van der Waals surface area contributed by atoms with E-state index in [4.69, 9.17) is 16.1 Å². The van der Waals surface area contributed by atoms with Gasteiger partial charge in [-0.05, 0) is 29.6 Å². The minimum atomic E-state index is 0.400. The molecule has 0 aliphatic rings. The Morgan fingerprint density at radius 2 is 2.14 bits per heavy atom. The van der Waals surface area contributed by atoms with E-state index in [0.717, 1.165) is 10.6 Å². The fraction of sp³-hybridized carbons (Fsp3) is 0. The highest BCUT2D eigenvalue weighted by molar-refractivity contribution is 7.13. The van der Waals surface area contributed by atoms with Gasteiger partial charge >= 0.3 is 0 Å². The Bertz CT molecular complexity index is 915. The molecule has 3 heterocycles. The number of benzene rings is 1. The van der Waals surface area contributed by atoms with Crippen LogP contribution in [0.3, 0.4) is 0 Å². The molecule has 0 saturated carbocycles. The molecule has 1 aromatic carbocycles. The Hall–Kier alpha value is -2.51. The van der Waals surface area contributed by atoms with Crippen LogP contribution in [0.1, 0.15) is 0 Å². The zero-order valence-corrected chi connectivity index (χ0v) is 12.6. The SMILES string of the molecule is Clc1cccc(-n2cc(-c3noc(-c4cccs4)n3)nn2)c1. The number of hydrogen-bond acceptors (Lipinski definition) is 6. The van der Waals surface area contributed by atoms with Crippen LogP contribution >= 0.6 is 22.9 Å². The van der Waals surface area contributed by atoms with Gasteiger partial charge in [-0.2, -0.15) is 4.98 Å². The molecule has 0 bridgehead atoms. The van der Waals surface area contributed by atoms with Gasteiger partial charge in [0.15, 0.2) is 5.69 Å². The van der Waals surface area contributed by atoms with Gasteiger partial charge in [-0.25, -0.2) is 4.68 Å². The van der Waals surface area contributed by atoms with Crippen LogP contribution in [-0.4, -0.2) is 25.1 Å². The maximum absolute atomic E-state index is 5.98. The summed E-state index contributed by atoms with van der Waals surface area (Å²) in [6.45, 7) is 0. The summed E-state index contributed by atoms with van der Waals surface area (Å²) in [6.07, 6.45) is 1.73. The first-order valence-electron chi connectivity index (χ1n) is 6.36. The molecule has 0 saturated heterocycles. The van der Waals surface area contributed by atoms with Crippen molar-refractivity contribution in [1.29, 1.82) is 0 Å². The van der Waals surface area contributed by atoms with E-state index in [1.165, 1.54) is 11.3 Å². The van der Waals surface area contributed by atoms with E-state index in [9.17, 15) is 0 Å². The molecule has 0 aliphatic heterocycles. The number of aromatic nitrogens is 5. The second-order valence-electron chi connectivity index (χ2n) is 4.43. The van der Waals surface area contributed by atoms with Crippen LogP contribution in [-0.2, 0) is 0 Å². The summed E-state index contributed by atoms with van der Waals surface area (Å²) in [4.78, 5) is 5.26. The molecule has 4 rings (SSSR count). The Kier molecular flexibility index (Phi) is 3.21. The van der Waals surface area contributed by atoms with Crippen molar-refractivity contribution in [3.63, 3.8) is 0 Å². The first-order chi connectivity index (χ1) is 10.8. The van der Waals surface area contributed by atoms with Crippen molar-refractivity contribution >= 4 is 22.9 Å². The molecule has 0 unspecified atom stereocenters. The molecule has 0 aliphatic carbocycles. The van der Waals surface area contributed by atoms with E-state index < -0.39 is 0 Å². The number of thiophene rings is 1. The lowest BCUT2D eigenvalue weighted by Gasteiger charge is -1.98. The van der Waals surface area contributed by atoms with Gasteiger partial charge in [0.2, 0.25) is 5.82 Å². The summed E-state index contributed by atoms with van der Waals surface area (Å²) in [5, 5.41) is 14.7. The Labute approximate surface area is 134 Å². The molecule has 0 spiro atoms. The third-order valence-corrected chi connectivity index (χ3v) is 4.05. The third-order valence-electron chi connectivity index (χ3n) is 2.95. The van der Waals surface area contributed by atoms with Gasteiger partial charge in [0.25, 0.3) is 5.89 Å². The van der Waals surface area contributed by atoms with Crippen molar-refractivity contribution in [1.82, 2.24) is 25.1 Å². The number of nitrogens with zero attached hydrogens (tertiary/aromatic N) is 5. The topological polar surface area (TPSA) is 69.6 Å². The lowest BCUT2D eigenvalue weighted by Crippen LogP contribution is -1.93. The molecular weight excluding hydrogens is 322 g/mol. The Morgan fingerprint density at radius 1 is 1.18 bits per heavy atom.